The molecule has 0 bridgehead atoms. The summed E-state index contributed by atoms with van der Waals surface area (Å²) in [7, 11) is 0. The van der Waals surface area contributed by atoms with Crippen LogP contribution < -0.4 is 16.4 Å². The summed E-state index contributed by atoms with van der Waals surface area (Å²) in [6.07, 6.45) is 6.24. The Morgan fingerprint density at radius 3 is 2.58 bits per heavy atom. The lowest BCUT2D eigenvalue weighted by Crippen LogP contribution is -2.41. The molecule has 1 aromatic carbocycles. The number of imidazole rings is 1. The Bertz CT molecular complexity index is 1330. The van der Waals surface area contributed by atoms with Crippen molar-refractivity contribution in [2.24, 2.45) is 17.1 Å². The average Bonchev–Trinajstić information content (AvgIpc) is 3.21. The number of primary amides is 1. The fourth-order valence-corrected chi connectivity index (χ4v) is 6.04. The van der Waals surface area contributed by atoms with Crippen LogP contribution in [0.4, 0.5) is 22.0 Å². The zero-order valence-corrected chi connectivity index (χ0v) is 22.9. The van der Waals surface area contributed by atoms with Crippen LogP contribution in [0, 0.1) is 17.2 Å². The summed E-state index contributed by atoms with van der Waals surface area (Å²) in [4.78, 5) is 25.7. The summed E-state index contributed by atoms with van der Waals surface area (Å²) in [6.45, 7) is 4.15. The summed E-state index contributed by atoms with van der Waals surface area (Å²) in [5.41, 5.74) is 6.60. The molecular weight excluding hydrogens is 532 g/mol. The highest BCUT2D eigenvalue weighted by molar-refractivity contribution is 6.36. The van der Waals surface area contributed by atoms with Gasteiger partial charge >= 0.3 is 0 Å². The molecule has 12 heteroatoms. The zero-order valence-electron chi connectivity index (χ0n) is 21.3. The number of amides is 1. The third-order valence-corrected chi connectivity index (χ3v) is 8.54. The van der Waals surface area contributed by atoms with E-state index in [1.807, 2.05) is 4.57 Å². The van der Waals surface area contributed by atoms with Gasteiger partial charge in [0.25, 0.3) is 0 Å². The molecule has 2 fully saturated rings. The first-order chi connectivity index (χ1) is 18.0. The molecule has 2 heterocycles. The molecule has 0 spiro atoms. The van der Waals surface area contributed by atoms with E-state index in [4.69, 9.17) is 33.9 Å². The Hall–Kier alpha value is -2.69. The van der Waals surface area contributed by atoms with Gasteiger partial charge in [0.15, 0.2) is 5.65 Å². The Balaban J connectivity index is 1.49. The van der Waals surface area contributed by atoms with Crippen LogP contribution >= 0.6 is 23.2 Å². The van der Waals surface area contributed by atoms with Crippen LogP contribution in [-0.2, 0) is 4.79 Å². The number of nitrogens with one attached hydrogen (secondary N) is 2. The highest BCUT2D eigenvalue weighted by Crippen LogP contribution is 2.39. The van der Waals surface area contributed by atoms with Crippen molar-refractivity contribution in [3.05, 3.63) is 34.2 Å². The number of benzene rings is 1. The van der Waals surface area contributed by atoms with Crippen LogP contribution in [0.3, 0.4) is 0 Å². The largest absolute Gasteiger partial charge is 0.392 e. The number of hydrogen-bond donors (Lipinski definition) is 4. The molecule has 38 heavy (non-hydrogen) atoms. The van der Waals surface area contributed by atoms with E-state index in [1.54, 1.807) is 6.20 Å². The number of rotatable bonds is 6. The van der Waals surface area contributed by atoms with Gasteiger partial charge in [-0.05, 0) is 62.5 Å². The van der Waals surface area contributed by atoms with Crippen molar-refractivity contribution in [3.63, 3.8) is 0 Å². The van der Waals surface area contributed by atoms with Crippen LogP contribution in [0.15, 0.2) is 18.3 Å². The number of nitrogens with zero attached hydrogens (tertiary/aromatic N) is 4. The van der Waals surface area contributed by atoms with Crippen LogP contribution in [0.1, 0.15) is 64.8 Å². The third kappa shape index (κ3) is 5.39. The Labute approximate surface area is 230 Å². The van der Waals surface area contributed by atoms with Gasteiger partial charge < -0.3 is 21.5 Å². The molecular formula is C26H32Cl2FN7O2. The number of halogens is 3. The van der Waals surface area contributed by atoms with E-state index in [2.05, 4.69) is 34.4 Å². The maximum atomic E-state index is 14.8. The molecule has 0 saturated heterocycles. The van der Waals surface area contributed by atoms with Crippen molar-refractivity contribution < 1.29 is 14.3 Å². The van der Waals surface area contributed by atoms with E-state index in [-0.39, 0.29) is 45.1 Å². The number of nitrogens with two attached hydrogens (primary N) is 1. The standard InChI is InChI=1S/C26H32Cl2FN7O2/c1-26(2)8-7-15(11-20(26)37)32-24-31-12-19-23(35-24)36(16-5-3-13(4-6-16)22(30)38)25(33-19)34-21-17(28)9-14(27)10-18(21)29/h9-10,12-13,15-16,20,37H,3-8,11H2,1-2H3,(H2,30,38)(H,33,34)(H,31,32,35)/t13?,15-,16?,20-/m1/s1. The lowest BCUT2D eigenvalue weighted by atomic mass is 9.73. The molecule has 2 aliphatic carbocycles. The molecule has 5 rings (SSSR count). The predicted molar refractivity (Wildman–Crippen MR) is 146 cm³/mol. The number of anilines is 3. The Morgan fingerprint density at radius 2 is 1.92 bits per heavy atom. The SMILES string of the molecule is CC1(C)CC[C@@H](Nc2ncc3nc(Nc4c(F)cc(Cl)cc4Cl)n(C4CCC(C(N)=O)CC4)c3n2)C[C@H]1O. The number of fused-ring (bicyclic) bond motifs is 1. The Morgan fingerprint density at radius 1 is 1.18 bits per heavy atom. The lowest BCUT2D eigenvalue weighted by molar-refractivity contribution is -0.122. The summed E-state index contributed by atoms with van der Waals surface area (Å²) in [5.74, 6) is -0.269. The molecule has 2 aromatic heterocycles. The highest BCUT2D eigenvalue weighted by atomic mass is 35.5. The first kappa shape index (κ1) is 26.9. The second kappa shape index (κ2) is 10.5. The van der Waals surface area contributed by atoms with Crippen LogP contribution in [-0.4, -0.2) is 42.7 Å². The van der Waals surface area contributed by atoms with E-state index in [0.717, 1.165) is 12.8 Å². The number of aromatic nitrogens is 4. The molecule has 9 nitrogen and oxygen atoms in total. The maximum absolute atomic E-state index is 14.8. The number of carbonyl (C=O) groups is 1. The number of carbonyl (C=O) groups excluding carboxylic acids is 1. The fourth-order valence-electron chi connectivity index (χ4n) is 5.52. The van der Waals surface area contributed by atoms with E-state index in [0.29, 0.717) is 55.2 Å². The molecule has 1 amide bonds. The highest BCUT2D eigenvalue weighted by Gasteiger charge is 2.35. The fraction of sp³-hybridized carbons (Fsp3) is 0.538. The third-order valence-electron chi connectivity index (χ3n) is 8.02. The minimum atomic E-state index is -0.606. The molecule has 204 valence electrons. The van der Waals surface area contributed by atoms with Crippen molar-refractivity contribution in [2.75, 3.05) is 10.6 Å². The second-order valence-corrected chi connectivity index (χ2v) is 11.9. The summed E-state index contributed by atoms with van der Waals surface area (Å²) < 4.78 is 16.7. The summed E-state index contributed by atoms with van der Waals surface area (Å²) >= 11 is 12.3. The maximum Gasteiger partial charge on any atom is 0.224 e. The topological polar surface area (TPSA) is 131 Å². The minimum Gasteiger partial charge on any atom is -0.392 e. The number of aliphatic hydroxyl groups is 1. The molecule has 0 radical (unpaired) electrons. The molecule has 5 N–H and O–H groups in total. The van der Waals surface area contributed by atoms with E-state index >= 15 is 0 Å². The van der Waals surface area contributed by atoms with E-state index in [9.17, 15) is 14.3 Å². The summed E-state index contributed by atoms with van der Waals surface area (Å²) in [6, 6.07) is 2.63. The van der Waals surface area contributed by atoms with Crippen LogP contribution in [0.2, 0.25) is 10.0 Å². The first-order valence-electron chi connectivity index (χ1n) is 12.9. The van der Waals surface area contributed by atoms with Gasteiger partial charge in [-0.15, -0.1) is 0 Å². The van der Waals surface area contributed by atoms with Crippen molar-refractivity contribution in [1.82, 2.24) is 19.5 Å². The van der Waals surface area contributed by atoms with Gasteiger partial charge in [0.05, 0.1) is 23.0 Å². The van der Waals surface area contributed by atoms with Crippen LogP contribution in [0.5, 0.6) is 0 Å². The van der Waals surface area contributed by atoms with Gasteiger partial charge in [-0.2, -0.15) is 4.98 Å². The lowest BCUT2D eigenvalue weighted by Gasteiger charge is -2.39. The molecule has 3 aromatic rings. The van der Waals surface area contributed by atoms with E-state index in [1.165, 1.54) is 12.1 Å². The van der Waals surface area contributed by atoms with Gasteiger partial charge in [0.1, 0.15) is 11.3 Å². The quantitative estimate of drug-likeness (QED) is 0.307. The molecule has 0 aliphatic heterocycles. The predicted octanol–water partition coefficient (Wildman–Crippen LogP) is 5.58. The monoisotopic (exact) mass is 563 g/mol. The summed E-state index contributed by atoms with van der Waals surface area (Å²) in [5, 5.41) is 17.3. The van der Waals surface area contributed by atoms with Gasteiger partial charge in [0.2, 0.25) is 17.8 Å². The van der Waals surface area contributed by atoms with E-state index < -0.39 is 11.9 Å². The van der Waals surface area contributed by atoms with Crippen LogP contribution in [0.25, 0.3) is 11.2 Å². The van der Waals surface area contributed by atoms with Crippen molar-refractivity contribution in [1.29, 1.82) is 0 Å². The van der Waals surface area contributed by atoms with Crippen molar-refractivity contribution >= 4 is 57.9 Å². The van der Waals surface area contributed by atoms with Gasteiger partial charge in [-0.1, -0.05) is 37.0 Å². The Kier molecular flexibility index (Phi) is 7.41. The van der Waals surface area contributed by atoms with Crippen molar-refractivity contribution in [2.45, 2.75) is 77.0 Å². The van der Waals surface area contributed by atoms with Gasteiger partial charge in [-0.25, -0.2) is 14.4 Å². The first-order valence-corrected chi connectivity index (χ1v) is 13.7. The van der Waals surface area contributed by atoms with Gasteiger partial charge in [-0.3, -0.25) is 9.36 Å². The molecule has 2 saturated carbocycles. The zero-order chi connectivity index (χ0) is 27.2. The minimum absolute atomic E-state index is 0.0393. The van der Waals surface area contributed by atoms with Crippen molar-refractivity contribution in [3.8, 4) is 0 Å². The normalized spacial score (nSPS) is 25.3. The second-order valence-electron chi connectivity index (χ2n) is 11.1. The number of hydrogen-bond acceptors (Lipinski definition) is 7. The van der Waals surface area contributed by atoms with Gasteiger partial charge in [0, 0.05) is 23.0 Å². The average molecular weight is 564 g/mol. The molecule has 2 aliphatic rings. The smallest absolute Gasteiger partial charge is 0.224 e. The molecule has 2 atom stereocenters. The number of aliphatic hydroxyl groups excluding tert-OH is 1. The molecule has 0 unspecified atom stereocenters.